The first kappa shape index (κ1) is 15.6. The predicted molar refractivity (Wildman–Crippen MR) is 79.7 cm³/mol. The molecule has 0 bridgehead atoms. The first-order chi connectivity index (χ1) is 9.70. The molecule has 0 spiro atoms. The number of hydrogen-bond acceptors (Lipinski definition) is 3. The van der Waals surface area contributed by atoms with Crippen molar-refractivity contribution in [2.24, 2.45) is 0 Å². The molecule has 0 radical (unpaired) electrons. The number of piperidine rings is 1. The Balaban J connectivity index is 1.71. The van der Waals surface area contributed by atoms with Crippen molar-refractivity contribution < 1.29 is 9.90 Å². The number of carbonyl (C=O) groups excluding carboxylic acids is 1. The highest BCUT2D eigenvalue weighted by molar-refractivity contribution is 5.74. The molecule has 2 aliphatic rings. The quantitative estimate of drug-likeness (QED) is 0.732. The minimum atomic E-state index is -0.378. The van der Waals surface area contributed by atoms with Crippen LogP contribution < -0.4 is 10.6 Å². The van der Waals surface area contributed by atoms with E-state index in [0.717, 1.165) is 38.8 Å². The summed E-state index contributed by atoms with van der Waals surface area (Å²) >= 11 is 0. The van der Waals surface area contributed by atoms with E-state index in [1.54, 1.807) is 0 Å². The van der Waals surface area contributed by atoms with Crippen LogP contribution in [0.15, 0.2) is 0 Å². The Morgan fingerprint density at radius 2 is 1.95 bits per heavy atom. The molecule has 2 rings (SSSR count). The molecule has 116 valence electrons. The zero-order chi connectivity index (χ0) is 14.4. The Morgan fingerprint density at radius 1 is 1.20 bits per heavy atom. The lowest BCUT2D eigenvalue weighted by Crippen LogP contribution is -2.52. The van der Waals surface area contributed by atoms with Gasteiger partial charge in [-0.25, -0.2) is 4.79 Å². The van der Waals surface area contributed by atoms with Crippen molar-refractivity contribution in [2.45, 2.75) is 70.1 Å². The molecule has 1 aliphatic heterocycles. The van der Waals surface area contributed by atoms with Gasteiger partial charge in [-0.05, 0) is 38.8 Å². The summed E-state index contributed by atoms with van der Waals surface area (Å²) in [6.07, 6.45) is 7.16. The highest BCUT2D eigenvalue weighted by Crippen LogP contribution is 2.18. The number of amides is 2. The molecule has 0 aromatic heterocycles. The Bertz CT molecular complexity index is 311. The van der Waals surface area contributed by atoms with Crippen LogP contribution in [0.25, 0.3) is 0 Å². The van der Waals surface area contributed by atoms with Gasteiger partial charge in [-0.15, -0.1) is 0 Å². The maximum absolute atomic E-state index is 11.9. The van der Waals surface area contributed by atoms with Crippen molar-refractivity contribution >= 4 is 6.03 Å². The van der Waals surface area contributed by atoms with Gasteiger partial charge in [0.1, 0.15) is 0 Å². The maximum atomic E-state index is 11.9. The van der Waals surface area contributed by atoms with E-state index in [1.807, 2.05) is 0 Å². The Morgan fingerprint density at radius 3 is 2.70 bits per heavy atom. The van der Waals surface area contributed by atoms with Crippen LogP contribution in [0.1, 0.15) is 51.9 Å². The lowest BCUT2D eigenvalue weighted by atomic mass is 9.93. The second kappa shape index (κ2) is 7.84. The first-order valence-electron chi connectivity index (χ1n) is 8.17. The zero-order valence-electron chi connectivity index (χ0n) is 12.6. The van der Waals surface area contributed by atoms with E-state index < -0.39 is 0 Å². The molecule has 20 heavy (non-hydrogen) atoms. The molecular weight excluding hydrogens is 254 g/mol. The van der Waals surface area contributed by atoms with Crippen molar-refractivity contribution in [3.63, 3.8) is 0 Å². The molecule has 1 aliphatic carbocycles. The molecule has 0 aromatic carbocycles. The van der Waals surface area contributed by atoms with Crippen LogP contribution in [-0.2, 0) is 0 Å². The summed E-state index contributed by atoms with van der Waals surface area (Å²) in [7, 11) is 0. The average molecular weight is 283 g/mol. The summed E-state index contributed by atoms with van der Waals surface area (Å²) < 4.78 is 0. The fourth-order valence-corrected chi connectivity index (χ4v) is 3.42. The molecule has 3 N–H and O–H groups in total. The third-order valence-corrected chi connectivity index (χ3v) is 4.70. The van der Waals surface area contributed by atoms with Crippen LogP contribution in [0.5, 0.6) is 0 Å². The van der Waals surface area contributed by atoms with E-state index in [4.69, 9.17) is 0 Å². The van der Waals surface area contributed by atoms with Gasteiger partial charge in [-0.2, -0.15) is 0 Å². The SMILES string of the molecule is CCN1CCCCC1CNC(=O)NC1CCCCC1O. The first-order valence-corrected chi connectivity index (χ1v) is 8.17. The van der Waals surface area contributed by atoms with E-state index in [0.29, 0.717) is 12.6 Å². The summed E-state index contributed by atoms with van der Waals surface area (Å²) in [5.41, 5.74) is 0. The van der Waals surface area contributed by atoms with Crippen molar-refractivity contribution in [1.29, 1.82) is 0 Å². The number of aliphatic hydroxyl groups is 1. The number of nitrogens with zero attached hydrogens (tertiary/aromatic N) is 1. The number of aliphatic hydroxyl groups excluding tert-OH is 1. The molecule has 1 saturated carbocycles. The van der Waals surface area contributed by atoms with Crippen LogP contribution in [0.2, 0.25) is 0 Å². The third-order valence-electron chi connectivity index (χ3n) is 4.70. The van der Waals surface area contributed by atoms with Crippen molar-refractivity contribution in [1.82, 2.24) is 15.5 Å². The lowest BCUT2D eigenvalue weighted by Gasteiger charge is -2.35. The smallest absolute Gasteiger partial charge is 0.315 e. The molecule has 0 aromatic rings. The minimum Gasteiger partial charge on any atom is -0.391 e. The average Bonchev–Trinajstić information content (AvgIpc) is 2.48. The molecule has 2 fully saturated rings. The summed E-state index contributed by atoms with van der Waals surface area (Å²) in [4.78, 5) is 14.4. The second-order valence-electron chi connectivity index (χ2n) is 6.09. The van der Waals surface area contributed by atoms with Gasteiger partial charge in [0.15, 0.2) is 0 Å². The molecular formula is C15H29N3O2. The van der Waals surface area contributed by atoms with Gasteiger partial charge < -0.3 is 15.7 Å². The third kappa shape index (κ3) is 4.35. The molecule has 3 unspecified atom stereocenters. The minimum absolute atomic E-state index is 0.0719. The number of likely N-dealkylation sites (N-methyl/N-ethyl adjacent to an activating group) is 1. The Hall–Kier alpha value is -0.810. The van der Waals surface area contributed by atoms with E-state index in [9.17, 15) is 9.90 Å². The molecule has 3 atom stereocenters. The molecule has 5 heteroatoms. The monoisotopic (exact) mass is 283 g/mol. The standard InChI is InChI=1S/C15H29N3O2/c1-2-18-10-6-5-7-12(18)11-16-15(20)17-13-8-3-4-9-14(13)19/h12-14,19H,2-11H2,1H3,(H2,16,17,20). The summed E-state index contributed by atoms with van der Waals surface area (Å²) in [6.45, 7) is 5.08. The van der Waals surface area contributed by atoms with Crippen LogP contribution in [0, 0.1) is 0 Å². The number of likely N-dealkylation sites (tertiary alicyclic amines) is 1. The van der Waals surface area contributed by atoms with Crippen LogP contribution >= 0.6 is 0 Å². The van der Waals surface area contributed by atoms with Gasteiger partial charge in [0.25, 0.3) is 0 Å². The lowest BCUT2D eigenvalue weighted by molar-refractivity contribution is 0.0936. The molecule has 2 amide bonds. The zero-order valence-corrected chi connectivity index (χ0v) is 12.6. The van der Waals surface area contributed by atoms with E-state index in [1.165, 1.54) is 19.3 Å². The Kier molecular flexibility index (Phi) is 6.10. The summed E-state index contributed by atoms with van der Waals surface area (Å²) in [6, 6.07) is 0.269. The summed E-state index contributed by atoms with van der Waals surface area (Å²) in [5, 5.41) is 15.8. The molecule has 5 nitrogen and oxygen atoms in total. The van der Waals surface area contributed by atoms with E-state index in [-0.39, 0.29) is 18.2 Å². The van der Waals surface area contributed by atoms with Gasteiger partial charge in [-0.1, -0.05) is 26.2 Å². The van der Waals surface area contributed by atoms with Crippen LogP contribution in [-0.4, -0.2) is 53.9 Å². The van der Waals surface area contributed by atoms with Gasteiger partial charge in [0.05, 0.1) is 12.1 Å². The molecule has 1 saturated heterocycles. The number of rotatable bonds is 4. The topological polar surface area (TPSA) is 64.6 Å². The van der Waals surface area contributed by atoms with Crippen molar-refractivity contribution in [2.75, 3.05) is 19.6 Å². The summed E-state index contributed by atoms with van der Waals surface area (Å²) in [5.74, 6) is 0. The van der Waals surface area contributed by atoms with Crippen LogP contribution in [0.3, 0.4) is 0 Å². The number of urea groups is 1. The second-order valence-corrected chi connectivity index (χ2v) is 6.09. The van der Waals surface area contributed by atoms with Gasteiger partial charge in [0, 0.05) is 12.6 Å². The number of nitrogens with one attached hydrogen (secondary N) is 2. The molecule has 1 heterocycles. The van der Waals surface area contributed by atoms with Crippen molar-refractivity contribution in [3.05, 3.63) is 0 Å². The number of hydrogen-bond donors (Lipinski definition) is 3. The van der Waals surface area contributed by atoms with E-state index >= 15 is 0 Å². The largest absolute Gasteiger partial charge is 0.391 e. The fraction of sp³-hybridized carbons (Fsp3) is 0.933. The van der Waals surface area contributed by atoms with E-state index in [2.05, 4.69) is 22.5 Å². The maximum Gasteiger partial charge on any atom is 0.315 e. The predicted octanol–water partition coefficient (Wildman–Crippen LogP) is 1.46. The van der Waals surface area contributed by atoms with Gasteiger partial charge in [0.2, 0.25) is 0 Å². The van der Waals surface area contributed by atoms with Gasteiger partial charge >= 0.3 is 6.03 Å². The Labute approximate surface area is 122 Å². The fourth-order valence-electron chi connectivity index (χ4n) is 3.42. The highest BCUT2D eigenvalue weighted by Gasteiger charge is 2.25. The highest BCUT2D eigenvalue weighted by atomic mass is 16.3. The van der Waals surface area contributed by atoms with Gasteiger partial charge in [-0.3, -0.25) is 4.90 Å². The van der Waals surface area contributed by atoms with Crippen molar-refractivity contribution in [3.8, 4) is 0 Å². The van der Waals surface area contributed by atoms with Crippen LogP contribution in [0.4, 0.5) is 4.79 Å². The number of carbonyl (C=O) groups is 1. The normalized spacial score (nSPS) is 31.8.